The zero-order chi connectivity index (χ0) is 22.1. The van der Waals surface area contributed by atoms with Crippen molar-refractivity contribution >= 4 is 11.6 Å². The fourth-order valence-electron chi connectivity index (χ4n) is 4.39. The maximum Gasteiger partial charge on any atom is 0.254 e. The number of hydrogen-bond donors (Lipinski definition) is 1. The summed E-state index contributed by atoms with van der Waals surface area (Å²) in [5.41, 5.74) is 11.6. The van der Waals surface area contributed by atoms with E-state index in [4.69, 9.17) is 10.7 Å². The summed E-state index contributed by atoms with van der Waals surface area (Å²) in [5, 5.41) is 4.44. The number of aryl methyl sites for hydroxylation is 1. The molecule has 1 atom stereocenters. The first-order chi connectivity index (χ1) is 15.7. The van der Waals surface area contributed by atoms with E-state index in [-0.39, 0.29) is 11.9 Å². The molecule has 1 amide bonds. The fraction of sp³-hybridized carbons (Fsp3) is 0.280. The Morgan fingerprint density at radius 1 is 1.12 bits per heavy atom. The van der Waals surface area contributed by atoms with E-state index in [1.54, 1.807) is 16.9 Å². The zero-order valence-electron chi connectivity index (χ0n) is 18.1. The Hall–Kier alpha value is -3.58. The van der Waals surface area contributed by atoms with Crippen molar-refractivity contribution < 1.29 is 4.79 Å². The molecule has 5 rings (SSSR count). The Morgan fingerprint density at radius 3 is 2.78 bits per heavy atom. The van der Waals surface area contributed by atoms with Crippen LogP contribution in [0.25, 0.3) is 28.2 Å². The first-order valence-electron chi connectivity index (χ1n) is 11.0. The predicted octanol–water partition coefficient (Wildman–Crippen LogP) is 3.72. The van der Waals surface area contributed by atoms with E-state index in [2.05, 4.69) is 10.1 Å². The van der Waals surface area contributed by atoms with Crippen LogP contribution in [-0.4, -0.2) is 49.5 Å². The maximum atomic E-state index is 13.4. The average Bonchev–Trinajstić information content (AvgIpc) is 3.28. The summed E-state index contributed by atoms with van der Waals surface area (Å²) in [6.45, 7) is 3.16. The highest BCUT2D eigenvalue weighted by Crippen LogP contribution is 2.27. The molecule has 1 aliphatic heterocycles. The Bertz CT molecular complexity index is 1270. The summed E-state index contributed by atoms with van der Waals surface area (Å²) < 4.78 is 1.74. The molecule has 32 heavy (non-hydrogen) atoms. The first kappa shape index (κ1) is 20.3. The Kier molecular flexibility index (Phi) is 5.41. The van der Waals surface area contributed by atoms with Gasteiger partial charge in [-0.1, -0.05) is 30.3 Å². The van der Waals surface area contributed by atoms with Crippen molar-refractivity contribution in [3.05, 3.63) is 72.2 Å². The van der Waals surface area contributed by atoms with E-state index in [1.165, 1.54) is 0 Å². The van der Waals surface area contributed by atoms with Gasteiger partial charge in [0.15, 0.2) is 5.65 Å². The second kappa shape index (κ2) is 8.51. The zero-order valence-corrected chi connectivity index (χ0v) is 18.1. The van der Waals surface area contributed by atoms with Crippen LogP contribution in [0.4, 0.5) is 0 Å². The van der Waals surface area contributed by atoms with Gasteiger partial charge in [-0.15, -0.1) is 0 Å². The van der Waals surface area contributed by atoms with E-state index in [0.29, 0.717) is 23.4 Å². The molecule has 0 spiro atoms. The second-order valence-corrected chi connectivity index (χ2v) is 8.27. The van der Waals surface area contributed by atoms with Crippen LogP contribution in [0.15, 0.2) is 61.1 Å². The molecule has 4 heterocycles. The lowest BCUT2D eigenvalue weighted by molar-refractivity contribution is 0.0622. The van der Waals surface area contributed by atoms with E-state index in [9.17, 15) is 4.79 Å². The molecule has 0 aliphatic carbocycles. The average molecular weight is 427 g/mol. The number of piperidine rings is 1. The second-order valence-electron chi connectivity index (χ2n) is 8.27. The first-order valence-corrected chi connectivity index (χ1v) is 11.0. The topological polar surface area (TPSA) is 89.4 Å². The van der Waals surface area contributed by atoms with Crippen LogP contribution < -0.4 is 5.73 Å². The highest BCUT2D eigenvalue weighted by Gasteiger charge is 2.28. The van der Waals surface area contributed by atoms with Crippen molar-refractivity contribution in [3.8, 4) is 22.5 Å². The van der Waals surface area contributed by atoms with Crippen LogP contribution >= 0.6 is 0 Å². The summed E-state index contributed by atoms with van der Waals surface area (Å²) >= 11 is 0. The molecule has 0 radical (unpaired) electrons. The quantitative estimate of drug-likeness (QED) is 0.537. The number of likely N-dealkylation sites (tertiary alicyclic amines) is 1. The molecule has 1 unspecified atom stereocenters. The molecule has 4 aromatic rings. The lowest BCUT2D eigenvalue weighted by Crippen LogP contribution is -2.47. The van der Waals surface area contributed by atoms with Gasteiger partial charge in [0, 0.05) is 42.7 Å². The molecular weight excluding hydrogens is 400 g/mol. The molecule has 0 saturated carbocycles. The summed E-state index contributed by atoms with van der Waals surface area (Å²) in [5.74, 6) is 0.0238. The van der Waals surface area contributed by atoms with Gasteiger partial charge in [-0.3, -0.25) is 9.78 Å². The van der Waals surface area contributed by atoms with Gasteiger partial charge in [0.25, 0.3) is 5.91 Å². The van der Waals surface area contributed by atoms with Gasteiger partial charge in [0.1, 0.15) is 0 Å². The summed E-state index contributed by atoms with van der Waals surface area (Å²) in [6.07, 6.45) is 8.50. The van der Waals surface area contributed by atoms with E-state index >= 15 is 0 Å². The van der Waals surface area contributed by atoms with E-state index in [1.807, 2.05) is 60.5 Å². The standard InChI is InChI=1S/C25H26N6O/c1-17-15-27-23(13-20(17)25(32)30-11-6-5-9-19(30)14-26)21-16-28-31-12-10-22(29-24(21)31)18-7-3-2-4-8-18/h2-4,7-8,10,12-13,15-16,19H,5-6,9,11,14,26H2,1H3. The van der Waals surface area contributed by atoms with Crippen LogP contribution in [-0.2, 0) is 0 Å². The Labute approximate surface area is 186 Å². The summed E-state index contributed by atoms with van der Waals surface area (Å²) in [7, 11) is 0. The third-order valence-corrected chi connectivity index (χ3v) is 6.21. The highest BCUT2D eigenvalue weighted by atomic mass is 16.2. The highest BCUT2D eigenvalue weighted by molar-refractivity contribution is 5.97. The van der Waals surface area contributed by atoms with Crippen LogP contribution in [0, 0.1) is 6.92 Å². The minimum Gasteiger partial charge on any atom is -0.334 e. The molecule has 162 valence electrons. The van der Waals surface area contributed by atoms with Crippen LogP contribution in [0.2, 0.25) is 0 Å². The molecule has 1 aliphatic rings. The molecule has 7 heteroatoms. The monoisotopic (exact) mass is 426 g/mol. The minimum absolute atomic E-state index is 0.0238. The van der Waals surface area contributed by atoms with Crippen LogP contribution in [0.1, 0.15) is 35.2 Å². The van der Waals surface area contributed by atoms with Crippen molar-refractivity contribution in [3.63, 3.8) is 0 Å². The van der Waals surface area contributed by atoms with Gasteiger partial charge >= 0.3 is 0 Å². The van der Waals surface area contributed by atoms with Gasteiger partial charge in [-0.05, 0) is 43.9 Å². The predicted molar refractivity (Wildman–Crippen MR) is 124 cm³/mol. The van der Waals surface area contributed by atoms with Crippen molar-refractivity contribution in [2.45, 2.75) is 32.2 Å². The minimum atomic E-state index is 0.0238. The largest absolute Gasteiger partial charge is 0.334 e. The number of fused-ring (bicyclic) bond motifs is 1. The van der Waals surface area contributed by atoms with Gasteiger partial charge in [-0.2, -0.15) is 5.10 Å². The van der Waals surface area contributed by atoms with Gasteiger partial charge in [0.05, 0.1) is 23.1 Å². The number of rotatable bonds is 4. The van der Waals surface area contributed by atoms with Gasteiger partial charge in [-0.25, -0.2) is 9.50 Å². The molecule has 1 aromatic carbocycles. The smallest absolute Gasteiger partial charge is 0.254 e. The molecular formula is C25H26N6O. The number of benzene rings is 1. The maximum absolute atomic E-state index is 13.4. The summed E-state index contributed by atoms with van der Waals surface area (Å²) in [6, 6.07) is 13.9. The Morgan fingerprint density at radius 2 is 1.97 bits per heavy atom. The third-order valence-electron chi connectivity index (χ3n) is 6.21. The van der Waals surface area contributed by atoms with Gasteiger partial charge < -0.3 is 10.6 Å². The lowest BCUT2D eigenvalue weighted by atomic mass is 9.99. The number of nitrogens with two attached hydrogens (primary N) is 1. The molecule has 2 N–H and O–H groups in total. The molecule has 1 saturated heterocycles. The number of aromatic nitrogens is 4. The van der Waals surface area contributed by atoms with E-state index in [0.717, 1.165) is 48.2 Å². The third kappa shape index (κ3) is 3.65. The van der Waals surface area contributed by atoms with E-state index < -0.39 is 0 Å². The number of amides is 1. The molecule has 1 fully saturated rings. The lowest BCUT2D eigenvalue weighted by Gasteiger charge is -2.35. The van der Waals surface area contributed by atoms with Crippen LogP contribution in [0.3, 0.4) is 0 Å². The number of pyridine rings is 1. The fourth-order valence-corrected chi connectivity index (χ4v) is 4.39. The Balaban J connectivity index is 1.55. The summed E-state index contributed by atoms with van der Waals surface area (Å²) in [4.78, 5) is 24.8. The van der Waals surface area contributed by atoms with Crippen molar-refractivity contribution in [1.82, 2.24) is 24.5 Å². The van der Waals surface area contributed by atoms with Crippen molar-refractivity contribution in [2.75, 3.05) is 13.1 Å². The van der Waals surface area contributed by atoms with Crippen LogP contribution in [0.5, 0.6) is 0 Å². The number of carbonyl (C=O) groups excluding carboxylic acids is 1. The molecule has 3 aromatic heterocycles. The van der Waals surface area contributed by atoms with Gasteiger partial charge in [0.2, 0.25) is 0 Å². The molecule has 0 bridgehead atoms. The number of carbonyl (C=O) groups is 1. The number of nitrogens with zero attached hydrogens (tertiary/aromatic N) is 5. The normalized spacial score (nSPS) is 16.4. The van der Waals surface area contributed by atoms with Crippen molar-refractivity contribution in [2.24, 2.45) is 5.73 Å². The molecule has 7 nitrogen and oxygen atoms in total. The van der Waals surface area contributed by atoms with Crippen molar-refractivity contribution in [1.29, 1.82) is 0 Å². The SMILES string of the molecule is Cc1cnc(-c2cnn3ccc(-c4ccccc4)nc23)cc1C(=O)N1CCCCC1CN. The number of hydrogen-bond acceptors (Lipinski definition) is 5.